The monoisotopic (exact) mass is 354 g/mol. The lowest BCUT2D eigenvalue weighted by Crippen LogP contribution is -2.33. The molecule has 1 saturated carbocycles. The molecule has 0 spiro atoms. The molecule has 0 saturated heterocycles. The van der Waals surface area contributed by atoms with Gasteiger partial charge in [0.1, 0.15) is 12.9 Å². The highest BCUT2D eigenvalue weighted by Gasteiger charge is 2.43. The van der Waals surface area contributed by atoms with E-state index < -0.39 is 7.14 Å². The van der Waals surface area contributed by atoms with Crippen molar-refractivity contribution in [3.8, 4) is 0 Å². The molecule has 0 aliphatic heterocycles. The lowest BCUT2D eigenvalue weighted by Gasteiger charge is -2.35. The Morgan fingerprint density at radius 2 is 1.44 bits per heavy atom. The molecule has 0 amide bonds. The van der Waals surface area contributed by atoms with Crippen LogP contribution in [0.25, 0.3) is 0 Å². The molecule has 2 aromatic rings. The van der Waals surface area contributed by atoms with Gasteiger partial charge in [-0.2, -0.15) is 0 Å². The second-order valence-corrected chi connectivity index (χ2v) is 10.5. The van der Waals surface area contributed by atoms with Crippen LogP contribution in [-0.4, -0.2) is 11.4 Å². The van der Waals surface area contributed by atoms with Crippen LogP contribution in [0.4, 0.5) is 0 Å². The number of benzene rings is 2. The van der Waals surface area contributed by atoms with Gasteiger partial charge in [0.2, 0.25) is 0 Å². The number of rotatable bonds is 4. The van der Waals surface area contributed by atoms with Gasteiger partial charge in [0.05, 0.1) is 0 Å². The Morgan fingerprint density at radius 1 is 0.920 bits per heavy atom. The van der Waals surface area contributed by atoms with E-state index in [2.05, 4.69) is 13.8 Å². The van der Waals surface area contributed by atoms with Gasteiger partial charge in [-0.05, 0) is 24.7 Å². The van der Waals surface area contributed by atoms with E-state index in [1.807, 2.05) is 60.7 Å². The molecule has 2 atom stereocenters. The number of ketones is 1. The minimum absolute atomic E-state index is 0.0312. The minimum Gasteiger partial charge on any atom is -0.313 e. The van der Waals surface area contributed by atoms with Crippen LogP contribution in [0.5, 0.6) is 0 Å². The molecule has 132 valence electrons. The highest BCUT2D eigenvalue weighted by Crippen LogP contribution is 2.56. The summed E-state index contributed by atoms with van der Waals surface area (Å²) in [6.45, 7) is 4.33. The summed E-state index contributed by atoms with van der Waals surface area (Å²) in [5.74, 6) is 0.836. The van der Waals surface area contributed by atoms with Gasteiger partial charge in [-0.1, -0.05) is 74.5 Å². The first-order valence-electron chi connectivity index (χ1n) is 9.26. The molecule has 1 fully saturated rings. The second-order valence-electron chi connectivity index (χ2n) is 7.44. The van der Waals surface area contributed by atoms with Gasteiger partial charge in [0.25, 0.3) is 0 Å². The Hall–Kier alpha value is -1.66. The summed E-state index contributed by atoms with van der Waals surface area (Å²) in [7, 11) is -2.82. The maximum Gasteiger partial charge on any atom is 0.146 e. The van der Waals surface area contributed by atoms with E-state index in [4.69, 9.17) is 0 Å². The minimum atomic E-state index is -2.82. The van der Waals surface area contributed by atoms with Crippen LogP contribution in [0.15, 0.2) is 60.7 Å². The van der Waals surface area contributed by atoms with Crippen molar-refractivity contribution in [1.29, 1.82) is 0 Å². The number of hydrogen-bond acceptors (Lipinski definition) is 2. The lowest BCUT2D eigenvalue weighted by atomic mass is 9.88. The number of hydrogen-bond donors (Lipinski definition) is 0. The van der Waals surface area contributed by atoms with Crippen molar-refractivity contribution in [3.05, 3.63) is 60.7 Å². The topological polar surface area (TPSA) is 34.1 Å². The molecule has 0 heterocycles. The van der Waals surface area contributed by atoms with E-state index in [1.54, 1.807) is 0 Å². The quantitative estimate of drug-likeness (QED) is 0.585. The summed E-state index contributed by atoms with van der Waals surface area (Å²) in [4.78, 5) is 12.3. The summed E-state index contributed by atoms with van der Waals surface area (Å²) in [6.07, 6.45) is 2.89. The van der Waals surface area contributed by atoms with Crippen molar-refractivity contribution in [3.63, 3.8) is 0 Å². The van der Waals surface area contributed by atoms with Crippen LogP contribution in [-0.2, 0) is 9.36 Å². The molecule has 3 rings (SSSR count). The highest BCUT2D eigenvalue weighted by molar-refractivity contribution is 7.79. The largest absolute Gasteiger partial charge is 0.313 e. The highest BCUT2D eigenvalue weighted by atomic mass is 31.2. The Bertz CT molecular complexity index is 709. The third kappa shape index (κ3) is 3.65. The Morgan fingerprint density at radius 3 is 1.92 bits per heavy atom. The van der Waals surface area contributed by atoms with Crippen molar-refractivity contribution >= 4 is 23.5 Å². The van der Waals surface area contributed by atoms with E-state index in [9.17, 15) is 9.36 Å². The summed E-state index contributed by atoms with van der Waals surface area (Å²) in [5.41, 5.74) is 0.0312. The molecular weight excluding hydrogens is 327 g/mol. The average molecular weight is 354 g/mol. The maximum absolute atomic E-state index is 14.6. The molecule has 0 radical (unpaired) electrons. The van der Waals surface area contributed by atoms with Crippen molar-refractivity contribution in [2.45, 2.75) is 45.2 Å². The Labute approximate surface area is 151 Å². The van der Waals surface area contributed by atoms with E-state index >= 15 is 0 Å². The van der Waals surface area contributed by atoms with Gasteiger partial charge >= 0.3 is 0 Å². The Balaban J connectivity index is 2.17. The van der Waals surface area contributed by atoms with Gasteiger partial charge in [0.15, 0.2) is 0 Å². The Kier molecular flexibility index (Phi) is 5.59. The third-order valence-corrected chi connectivity index (χ3v) is 9.22. The normalized spacial score (nSPS) is 22.0. The molecule has 3 heteroatoms. The standard InChI is InChI=1S/C22H27O2P/c1-17(2)21-16-18(23)10-9-15-22(21)25(24,19-11-5-3-6-12-19)20-13-7-4-8-14-20/h3-8,11-14,17,21-22H,9-10,15-16H2,1-2H3/t21-,22+/m1/s1. The van der Waals surface area contributed by atoms with Crippen LogP contribution in [0.3, 0.4) is 0 Å². The summed E-state index contributed by atoms with van der Waals surface area (Å²) < 4.78 is 14.6. The zero-order chi connectivity index (χ0) is 17.9. The first-order chi connectivity index (χ1) is 12.0. The fraction of sp³-hybridized carbons (Fsp3) is 0.409. The maximum atomic E-state index is 14.6. The molecular formula is C22H27O2P. The van der Waals surface area contributed by atoms with Gasteiger partial charge < -0.3 is 4.57 Å². The molecule has 0 bridgehead atoms. The van der Waals surface area contributed by atoms with E-state index in [-0.39, 0.29) is 11.6 Å². The second kappa shape index (κ2) is 7.70. The van der Waals surface area contributed by atoms with E-state index in [1.165, 1.54) is 0 Å². The van der Waals surface area contributed by atoms with Crippen molar-refractivity contribution in [2.24, 2.45) is 11.8 Å². The summed E-state index contributed by atoms with van der Waals surface area (Å²) >= 11 is 0. The lowest BCUT2D eigenvalue weighted by molar-refractivity contribution is -0.119. The molecule has 1 aliphatic carbocycles. The molecule has 2 aromatic carbocycles. The van der Waals surface area contributed by atoms with Crippen LogP contribution >= 0.6 is 7.14 Å². The van der Waals surface area contributed by atoms with Crippen molar-refractivity contribution < 1.29 is 9.36 Å². The van der Waals surface area contributed by atoms with Crippen LogP contribution in [0.1, 0.15) is 39.5 Å². The number of carbonyl (C=O) groups excluding carboxylic acids is 1. The third-order valence-electron chi connectivity index (χ3n) is 5.52. The molecule has 0 N–H and O–H groups in total. The van der Waals surface area contributed by atoms with Gasteiger partial charge in [-0.3, -0.25) is 4.79 Å². The predicted octanol–water partition coefficient (Wildman–Crippen LogP) is 4.78. The van der Waals surface area contributed by atoms with Crippen molar-refractivity contribution in [2.75, 3.05) is 0 Å². The van der Waals surface area contributed by atoms with Gasteiger partial charge in [-0.15, -0.1) is 0 Å². The van der Waals surface area contributed by atoms with Gasteiger partial charge in [0, 0.05) is 29.1 Å². The first kappa shape index (κ1) is 18.1. The first-order valence-corrected chi connectivity index (χ1v) is 11.0. The zero-order valence-corrected chi connectivity index (χ0v) is 16.0. The molecule has 25 heavy (non-hydrogen) atoms. The van der Waals surface area contributed by atoms with Crippen LogP contribution < -0.4 is 10.6 Å². The van der Waals surface area contributed by atoms with E-state index in [0.717, 1.165) is 23.5 Å². The van der Waals surface area contributed by atoms with Gasteiger partial charge in [-0.25, -0.2) is 0 Å². The van der Waals surface area contributed by atoms with Crippen molar-refractivity contribution in [1.82, 2.24) is 0 Å². The average Bonchev–Trinajstić information content (AvgIpc) is 2.84. The molecule has 1 aliphatic rings. The molecule has 2 nitrogen and oxygen atoms in total. The van der Waals surface area contributed by atoms with E-state index in [0.29, 0.717) is 24.5 Å². The fourth-order valence-electron chi connectivity index (χ4n) is 4.19. The number of Topliss-reactive ketones (excluding diaryl/α,β-unsaturated/α-hetero) is 1. The SMILES string of the molecule is CC(C)[C@H]1CC(=O)CCC[C@@H]1P(=O)(c1ccccc1)c1ccccc1. The summed E-state index contributed by atoms with van der Waals surface area (Å²) in [5, 5.41) is 1.84. The predicted molar refractivity (Wildman–Crippen MR) is 105 cm³/mol. The molecule has 0 aromatic heterocycles. The van der Waals surface area contributed by atoms with Crippen LogP contribution in [0.2, 0.25) is 0 Å². The smallest absolute Gasteiger partial charge is 0.146 e. The molecule has 0 unspecified atom stereocenters. The summed E-state index contributed by atoms with van der Waals surface area (Å²) in [6, 6.07) is 19.8. The number of carbonyl (C=O) groups is 1. The van der Waals surface area contributed by atoms with Crippen LogP contribution in [0, 0.1) is 11.8 Å². The zero-order valence-electron chi connectivity index (χ0n) is 15.1. The fourth-order valence-corrected chi connectivity index (χ4v) is 8.02.